The second kappa shape index (κ2) is 10.6. The van der Waals surface area contributed by atoms with Gasteiger partial charge in [0, 0.05) is 16.5 Å². The number of Topliss-reactive ketones (excluding diaryl/α,β-unsaturated/α-hetero) is 1. The Labute approximate surface area is 230 Å². The summed E-state index contributed by atoms with van der Waals surface area (Å²) in [4.78, 5) is 24.8. The molecule has 3 saturated carbocycles. The van der Waals surface area contributed by atoms with E-state index in [9.17, 15) is 14.7 Å². The fourth-order valence-corrected chi connectivity index (χ4v) is 9.37. The Kier molecular flexibility index (Phi) is 7.77. The standard InChI is InChI=1S/C32H43BrO4/c1-20(4-13-30(36)37-19-29(35)21-5-8-23(33)9-6-21)26-11-12-27-25-10-7-22-18-24(34)14-16-31(22,2)28(25)15-17-32(26,27)3/h5-9,20,24-28,34H,4,10-19H2,1-3H3/t20-,24+,25?,26-,27+,28+,31+,32-/m1/s1. The zero-order chi connectivity index (χ0) is 26.4. The van der Waals surface area contributed by atoms with Crippen molar-refractivity contribution in [3.05, 3.63) is 46.0 Å². The Hall–Kier alpha value is -1.46. The largest absolute Gasteiger partial charge is 0.457 e. The second-order valence-electron chi connectivity index (χ2n) is 13.0. The van der Waals surface area contributed by atoms with Crippen LogP contribution in [0.15, 0.2) is 40.4 Å². The van der Waals surface area contributed by atoms with Crippen molar-refractivity contribution < 1.29 is 19.4 Å². The molecule has 5 heteroatoms. The van der Waals surface area contributed by atoms with E-state index in [2.05, 4.69) is 42.8 Å². The van der Waals surface area contributed by atoms with Crippen LogP contribution in [0.25, 0.3) is 0 Å². The number of halogens is 1. The number of esters is 1. The lowest BCUT2D eigenvalue weighted by atomic mass is 9.47. The van der Waals surface area contributed by atoms with E-state index in [1.165, 1.54) is 37.7 Å². The summed E-state index contributed by atoms with van der Waals surface area (Å²) in [6.07, 6.45) is 12.9. The van der Waals surface area contributed by atoms with Crippen molar-refractivity contribution in [1.82, 2.24) is 0 Å². The third kappa shape index (κ3) is 5.12. The molecule has 1 unspecified atom stereocenters. The first-order valence-electron chi connectivity index (χ1n) is 14.4. The molecular formula is C32H43BrO4. The van der Waals surface area contributed by atoms with Crippen LogP contribution in [-0.4, -0.2) is 29.6 Å². The average molecular weight is 572 g/mol. The molecule has 1 N–H and O–H groups in total. The van der Waals surface area contributed by atoms with Crippen LogP contribution in [0.2, 0.25) is 0 Å². The topological polar surface area (TPSA) is 63.6 Å². The number of ketones is 1. The van der Waals surface area contributed by atoms with Gasteiger partial charge in [-0.15, -0.1) is 0 Å². The van der Waals surface area contributed by atoms with Gasteiger partial charge in [0.25, 0.3) is 0 Å². The van der Waals surface area contributed by atoms with Gasteiger partial charge >= 0.3 is 5.97 Å². The van der Waals surface area contributed by atoms with Crippen molar-refractivity contribution in [2.24, 2.45) is 40.4 Å². The van der Waals surface area contributed by atoms with Gasteiger partial charge in [-0.25, -0.2) is 0 Å². The molecule has 5 rings (SSSR count). The number of benzene rings is 1. The van der Waals surface area contributed by atoms with Crippen LogP contribution in [0.1, 0.15) is 95.3 Å². The molecule has 0 amide bonds. The second-order valence-corrected chi connectivity index (χ2v) is 13.9. The quantitative estimate of drug-likeness (QED) is 0.209. The Morgan fingerprint density at radius 3 is 2.59 bits per heavy atom. The normalized spacial score (nSPS) is 37.5. The highest BCUT2D eigenvalue weighted by atomic mass is 79.9. The molecule has 0 aliphatic heterocycles. The van der Waals surface area contributed by atoms with Crippen LogP contribution in [0.4, 0.5) is 0 Å². The number of carbonyl (C=O) groups is 2. The van der Waals surface area contributed by atoms with Gasteiger partial charge < -0.3 is 9.84 Å². The van der Waals surface area contributed by atoms with Crippen LogP contribution in [0, 0.1) is 40.4 Å². The van der Waals surface area contributed by atoms with Gasteiger partial charge in [0.15, 0.2) is 12.4 Å². The lowest BCUT2D eigenvalue weighted by Gasteiger charge is -2.58. The summed E-state index contributed by atoms with van der Waals surface area (Å²) in [7, 11) is 0. The van der Waals surface area contributed by atoms with Crippen molar-refractivity contribution >= 4 is 27.7 Å². The molecule has 8 atom stereocenters. The fourth-order valence-electron chi connectivity index (χ4n) is 9.10. The average Bonchev–Trinajstić information content (AvgIpc) is 3.24. The van der Waals surface area contributed by atoms with Crippen LogP contribution < -0.4 is 0 Å². The number of ether oxygens (including phenoxy) is 1. The van der Waals surface area contributed by atoms with Crippen molar-refractivity contribution in [1.29, 1.82) is 0 Å². The van der Waals surface area contributed by atoms with Crippen molar-refractivity contribution in [2.45, 2.75) is 91.1 Å². The molecule has 202 valence electrons. The van der Waals surface area contributed by atoms with Gasteiger partial charge in [-0.05, 0) is 110 Å². The lowest BCUT2D eigenvalue weighted by molar-refractivity contribution is -0.143. The molecule has 0 heterocycles. The molecule has 37 heavy (non-hydrogen) atoms. The number of hydrogen-bond acceptors (Lipinski definition) is 4. The first-order chi connectivity index (χ1) is 17.6. The summed E-state index contributed by atoms with van der Waals surface area (Å²) >= 11 is 3.37. The first-order valence-corrected chi connectivity index (χ1v) is 15.2. The number of aliphatic hydroxyl groups excluding tert-OH is 1. The highest BCUT2D eigenvalue weighted by Gasteiger charge is 2.59. The van der Waals surface area contributed by atoms with Gasteiger partial charge in [-0.3, -0.25) is 9.59 Å². The van der Waals surface area contributed by atoms with Crippen molar-refractivity contribution in [3.8, 4) is 0 Å². The summed E-state index contributed by atoms with van der Waals surface area (Å²) in [5.74, 6) is 2.95. The molecule has 1 aromatic carbocycles. The number of hydrogen-bond donors (Lipinski definition) is 1. The van der Waals surface area contributed by atoms with E-state index in [1.54, 1.807) is 12.1 Å². The van der Waals surface area contributed by atoms with Gasteiger partial charge in [-0.1, -0.05) is 60.5 Å². The zero-order valence-electron chi connectivity index (χ0n) is 22.7. The molecule has 0 bridgehead atoms. The fraction of sp³-hybridized carbons (Fsp3) is 0.688. The Bertz CT molecular complexity index is 1050. The maximum atomic E-state index is 12.5. The van der Waals surface area contributed by atoms with Crippen LogP contribution in [0.3, 0.4) is 0 Å². The van der Waals surface area contributed by atoms with Crippen LogP contribution in [0.5, 0.6) is 0 Å². The first kappa shape index (κ1) is 27.1. The van der Waals surface area contributed by atoms with Crippen molar-refractivity contribution in [2.75, 3.05) is 6.61 Å². The number of aliphatic hydroxyl groups is 1. The SMILES string of the molecule is C[C@H](CCC(=O)OCC(=O)c1ccc(Br)cc1)[C@H]1CC[C@H]2C3CC=C4C[C@@H](O)CC[C@]4(C)[C@H]3CC[C@]12C. The molecule has 3 fully saturated rings. The summed E-state index contributed by atoms with van der Waals surface area (Å²) in [6, 6.07) is 7.13. The van der Waals surface area contributed by atoms with E-state index in [4.69, 9.17) is 4.74 Å². The number of rotatable bonds is 7. The maximum absolute atomic E-state index is 12.5. The minimum absolute atomic E-state index is 0.146. The van der Waals surface area contributed by atoms with E-state index in [0.29, 0.717) is 29.2 Å². The summed E-state index contributed by atoms with van der Waals surface area (Å²) in [6.45, 7) is 7.18. The molecule has 4 aliphatic rings. The predicted molar refractivity (Wildman–Crippen MR) is 149 cm³/mol. The molecule has 0 radical (unpaired) electrons. The molecule has 4 aliphatic carbocycles. The molecule has 1 aromatic rings. The zero-order valence-corrected chi connectivity index (χ0v) is 24.3. The minimum atomic E-state index is -0.266. The summed E-state index contributed by atoms with van der Waals surface area (Å²) < 4.78 is 6.26. The Morgan fingerprint density at radius 2 is 1.84 bits per heavy atom. The predicted octanol–water partition coefficient (Wildman–Crippen LogP) is 7.53. The van der Waals surface area contributed by atoms with Gasteiger partial charge in [0.2, 0.25) is 0 Å². The van der Waals surface area contributed by atoms with Crippen LogP contribution in [-0.2, 0) is 9.53 Å². The number of allylic oxidation sites excluding steroid dienone is 1. The van der Waals surface area contributed by atoms with E-state index >= 15 is 0 Å². The molecule has 4 nitrogen and oxygen atoms in total. The summed E-state index contributed by atoms with van der Waals surface area (Å²) in [5, 5.41) is 10.3. The van der Waals surface area contributed by atoms with E-state index in [1.807, 2.05) is 12.1 Å². The molecule has 0 spiro atoms. The smallest absolute Gasteiger partial charge is 0.306 e. The highest BCUT2D eigenvalue weighted by Crippen LogP contribution is 2.67. The highest BCUT2D eigenvalue weighted by molar-refractivity contribution is 9.10. The Morgan fingerprint density at radius 1 is 1.08 bits per heavy atom. The van der Waals surface area contributed by atoms with Crippen LogP contribution >= 0.6 is 15.9 Å². The minimum Gasteiger partial charge on any atom is -0.457 e. The van der Waals surface area contributed by atoms with E-state index < -0.39 is 0 Å². The third-order valence-corrected chi connectivity index (χ3v) is 11.7. The van der Waals surface area contributed by atoms with Gasteiger partial charge in [0.05, 0.1) is 6.10 Å². The van der Waals surface area contributed by atoms with E-state index in [0.717, 1.165) is 47.9 Å². The summed E-state index contributed by atoms with van der Waals surface area (Å²) in [5.41, 5.74) is 2.73. The molecular weight excluding hydrogens is 528 g/mol. The monoisotopic (exact) mass is 570 g/mol. The number of carbonyl (C=O) groups excluding carboxylic acids is 2. The Balaban J connectivity index is 1.16. The van der Waals surface area contributed by atoms with E-state index in [-0.39, 0.29) is 29.9 Å². The maximum Gasteiger partial charge on any atom is 0.306 e. The lowest BCUT2D eigenvalue weighted by Crippen LogP contribution is -2.50. The van der Waals surface area contributed by atoms with Gasteiger partial charge in [0.1, 0.15) is 0 Å². The molecule has 0 saturated heterocycles. The molecule has 0 aromatic heterocycles. The van der Waals surface area contributed by atoms with Gasteiger partial charge in [-0.2, -0.15) is 0 Å². The third-order valence-electron chi connectivity index (χ3n) is 11.2. The van der Waals surface area contributed by atoms with Crippen molar-refractivity contribution in [3.63, 3.8) is 0 Å². The number of fused-ring (bicyclic) bond motifs is 5.